The van der Waals surface area contributed by atoms with Crippen molar-refractivity contribution < 1.29 is 23.9 Å². The van der Waals surface area contributed by atoms with Crippen molar-refractivity contribution in [3.05, 3.63) is 65.2 Å². The predicted octanol–water partition coefficient (Wildman–Crippen LogP) is 1.98. The zero-order chi connectivity index (χ0) is 23.4. The number of rotatable bonds is 7. The third-order valence-electron chi connectivity index (χ3n) is 6.15. The fourth-order valence-electron chi connectivity index (χ4n) is 4.22. The van der Waals surface area contributed by atoms with E-state index >= 15 is 0 Å². The number of carbonyl (C=O) groups excluding carboxylic acids is 4. The molecular weight excluding hydrogens is 422 g/mol. The van der Waals surface area contributed by atoms with E-state index in [0.29, 0.717) is 50.1 Å². The fourth-order valence-corrected chi connectivity index (χ4v) is 4.22. The molecule has 0 spiro atoms. The number of fused-ring (bicyclic) bond motifs is 1. The van der Waals surface area contributed by atoms with Gasteiger partial charge in [-0.3, -0.25) is 24.1 Å². The molecule has 33 heavy (non-hydrogen) atoms. The summed E-state index contributed by atoms with van der Waals surface area (Å²) in [4.78, 5) is 54.8. The van der Waals surface area contributed by atoms with Crippen LogP contribution >= 0.6 is 0 Å². The van der Waals surface area contributed by atoms with Gasteiger partial charge in [0.05, 0.1) is 24.7 Å². The minimum absolute atomic E-state index is 0.0196. The summed E-state index contributed by atoms with van der Waals surface area (Å²) in [7, 11) is 1.60. The highest BCUT2D eigenvalue weighted by molar-refractivity contribution is 6.21. The molecule has 8 nitrogen and oxygen atoms in total. The van der Waals surface area contributed by atoms with Gasteiger partial charge in [0, 0.05) is 39.1 Å². The van der Waals surface area contributed by atoms with E-state index in [2.05, 4.69) is 0 Å². The van der Waals surface area contributed by atoms with E-state index in [1.54, 1.807) is 41.2 Å². The van der Waals surface area contributed by atoms with E-state index in [9.17, 15) is 19.2 Å². The second-order valence-electron chi connectivity index (χ2n) is 8.20. The second kappa shape index (κ2) is 9.85. The molecule has 0 aromatic heterocycles. The third-order valence-corrected chi connectivity index (χ3v) is 6.15. The molecule has 2 heterocycles. The lowest BCUT2D eigenvalue weighted by Crippen LogP contribution is -2.51. The van der Waals surface area contributed by atoms with E-state index in [1.807, 2.05) is 24.3 Å². The van der Waals surface area contributed by atoms with Gasteiger partial charge >= 0.3 is 0 Å². The molecular formula is C25H27N3O5. The summed E-state index contributed by atoms with van der Waals surface area (Å²) >= 11 is 0. The first-order valence-electron chi connectivity index (χ1n) is 11.1. The van der Waals surface area contributed by atoms with Gasteiger partial charge in [0.2, 0.25) is 11.8 Å². The number of hydrogen-bond acceptors (Lipinski definition) is 5. The second-order valence-corrected chi connectivity index (χ2v) is 8.20. The molecule has 1 saturated heterocycles. The van der Waals surface area contributed by atoms with E-state index in [4.69, 9.17) is 4.74 Å². The summed E-state index contributed by atoms with van der Waals surface area (Å²) in [5.74, 6) is 0.173. The van der Waals surface area contributed by atoms with Crippen molar-refractivity contribution in [1.29, 1.82) is 0 Å². The Bertz CT molecular complexity index is 1020. The molecule has 0 saturated carbocycles. The number of methoxy groups -OCH3 is 1. The molecule has 2 aromatic rings. The molecule has 8 heteroatoms. The van der Waals surface area contributed by atoms with E-state index in [-0.39, 0.29) is 36.6 Å². The maximum atomic E-state index is 12.6. The highest BCUT2D eigenvalue weighted by Crippen LogP contribution is 2.22. The van der Waals surface area contributed by atoms with Crippen molar-refractivity contribution in [2.75, 3.05) is 39.8 Å². The molecule has 0 unspecified atom stereocenters. The van der Waals surface area contributed by atoms with Gasteiger partial charge in [-0.1, -0.05) is 24.3 Å². The number of carbonyl (C=O) groups is 4. The van der Waals surface area contributed by atoms with Gasteiger partial charge in [0.15, 0.2) is 0 Å². The van der Waals surface area contributed by atoms with Crippen LogP contribution in [0.25, 0.3) is 0 Å². The Kier molecular flexibility index (Phi) is 6.72. The van der Waals surface area contributed by atoms with Crippen molar-refractivity contribution >= 4 is 23.6 Å². The number of nitrogens with zero attached hydrogens (tertiary/aromatic N) is 3. The SMILES string of the molecule is COc1ccc(CC(=O)N2CCN(C(=O)CCCN3C(=O)c4ccccc4C3=O)CC2)cc1. The molecule has 2 aliphatic heterocycles. The Labute approximate surface area is 192 Å². The monoisotopic (exact) mass is 449 g/mol. The summed E-state index contributed by atoms with van der Waals surface area (Å²) in [6.07, 6.45) is 0.992. The van der Waals surface area contributed by atoms with Crippen LogP contribution in [0.4, 0.5) is 0 Å². The van der Waals surface area contributed by atoms with E-state index < -0.39 is 0 Å². The molecule has 2 aromatic carbocycles. The molecule has 0 bridgehead atoms. The van der Waals surface area contributed by atoms with E-state index in [0.717, 1.165) is 11.3 Å². The number of hydrogen-bond donors (Lipinski definition) is 0. The Morgan fingerprint density at radius 2 is 1.36 bits per heavy atom. The minimum Gasteiger partial charge on any atom is -0.497 e. The molecule has 0 radical (unpaired) electrons. The third kappa shape index (κ3) is 4.89. The standard InChI is InChI=1S/C25H27N3O5/c1-33-19-10-8-18(9-11-19)17-23(30)27-15-13-26(14-16-27)22(29)7-4-12-28-24(31)20-5-2-3-6-21(20)25(28)32/h2-3,5-6,8-11H,4,7,12-17H2,1H3. The lowest BCUT2D eigenvalue weighted by Gasteiger charge is -2.35. The Balaban J connectivity index is 1.20. The van der Waals surface area contributed by atoms with Gasteiger partial charge in [-0.25, -0.2) is 0 Å². The minimum atomic E-state index is -0.299. The summed E-state index contributed by atoms with van der Waals surface area (Å²) < 4.78 is 5.14. The van der Waals surface area contributed by atoms with Gasteiger partial charge in [-0.05, 0) is 36.2 Å². The fraction of sp³-hybridized carbons (Fsp3) is 0.360. The average molecular weight is 450 g/mol. The number of amides is 4. The van der Waals surface area contributed by atoms with Crippen molar-refractivity contribution in [3.63, 3.8) is 0 Å². The van der Waals surface area contributed by atoms with Crippen LogP contribution < -0.4 is 4.74 Å². The number of benzene rings is 2. The van der Waals surface area contributed by atoms with Crippen LogP contribution in [-0.4, -0.2) is 78.2 Å². The number of ether oxygens (including phenoxy) is 1. The highest BCUT2D eigenvalue weighted by Gasteiger charge is 2.34. The Morgan fingerprint density at radius 1 is 0.818 bits per heavy atom. The molecule has 0 N–H and O–H groups in total. The molecule has 172 valence electrons. The van der Waals surface area contributed by atoms with Gasteiger partial charge in [-0.15, -0.1) is 0 Å². The predicted molar refractivity (Wildman–Crippen MR) is 121 cm³/mol. The van der Waals surface area contributed by atoms with Crippen LogP contribution in [0.1, 0.15) is 39.1 Å². The topological polar surface area (TPSA) is 87.2 Å². The van der Waals surface area contributed by atoms with Crippen LogP contribution in [0.3, 0.4) is 0 Å². The normalized spacial score (nSPS) is 15.6. The van der Waals surface area contributed by atoms with Crippen molar-refractivity contribution in [2.24, 2.45) is 0 Å². The maximum absolute atomic E-state index is 12.6. The lowest BCUT2D eigenvalue weighted by atomic mass is 10.1. The summed E-state index contributed by atoms with van der Waals surface area (Å²) in [5, 5.41) is 0. The first-order valence-corrected chi connectivity index (χ1v) is 11.1. The average Bonchev–Trinajstić information content (AvgIpc) is 3.09. The van der Waals surface area contributed by atoms with Gasteiger partial charge in [-0.2, -0.15) is 0 Å². The molecule has 4 amide bonds. The lowest BCUT2D eigenvalue weighted by molar-refractivity contribution is -0.139. The van der Waals surface area contributed by atoms with Crippen LogP contribution in [0.15, 0.2) is 48.5 Å². The zero-order valence-electron chi connectivity index (χ0n) is 18.7. The molecule has 4 rings (SSSR count). The first kappa shape index (κ1) is 22.5. The Morgan fingerprint density at radius 3 is 1.91 bits per heavy atom. The van der Waals surface area contributed by atoms with Gasteiger partial charge in [0.1, 0.15) is 5.75 Å². The van der Waals surface area contributed by atoms with Crippen molar-refractivity contribution in [3.8, 4) is 5.75 Å². The number of imide groups is 1. The highest BCUT2D eigenvalue weighted by atomic mass is 16.5. The quantitative estimate of drug-likeness (QED) is 0.604. The van der Waals surface area contributed by atoms with Gasteiger partial charge < -0.3 is 14.5 Å². The van der Waals surface area contributed by atoms with Crippen LogP contribution in [0.2, 0.25) is 0 Å². The summed E-state index contributed by atoms with van der Waals surface area (Å²) in [6.45, 7) is 2.19. The van der Waals surface area contributed by atoms with Crippen molar-refractivity contribution in [2.45, 2.75) is 19.3 Å². The van der Waals surface area contributed by atoms with Crippen molar-refractivity contribution in [1.82, 2.24) is 14.7 Å². The largest absolute Gasteiger partial charge is 0.497 e. The summed E-state index contributed by atoms with van der Waals surface area (Å²) in [5.41, 5.74) is 1.76. The van der Waals surface area contributed by atoms with E-state index in [1.165, 1.54) is 4.90 Å². The van der Waals surface area contributed by atoms with Crippen LogP contribution in [-0.2, 0) is 16.0 Å². The van der Waals surface area contributed by atoms with Crippen LogP contribution in [0, 0.1) is 0 Å². The zero-order valence-corrected chi connectivity index (χ0v) is 18.7. The molecule has 2 aliphatic rings. The number of piperazine rings is 1. The maximum Gasteiger partial charge on any atom is 0.261 e. The van der Waals surface area contributed by atoms with Gasteiger partial charge in [0.25, 0.3) is 11.8 Å². The molecule has 0 aliphatic carbocycles. The first-order chi connectivity index (χ1) is 16.0. The molecule has 1 fully saturated rings. The Hall–Kier alpha value is -3.68. The molecule has 0 atom stereocenters. The van der Waals surface area contributed by atoms with Crippen LogP contribution in [0.5, 0.6) is 5.75 Å². The summed E-state index contributed by atoms with van der Waals surface area (Å²) in [6, 6.07) is 14.2. The smallest absolute Gasteiger partial charge is 0.261 e.